The molecule has 2 aromatic rings. The second kappa shape index (κ2) is 6.93. The van der Waals surface area contributed by atoms with E-state index in [4.69, 9.17) is 0 Å². The number of hydrogen-bond donors (Lipinski definition) is 2. The van der Waals surface area contributed by atoms with Gasteiger partial charge in [0.1, 0.15) is 6.54 Å². The minimum atomic E-state index is -0.258. The van der Waals surface area contributed by atoms with Gasteiger partial charge in [0.2, 0.25) is 11.8 Å². The third-order valence-corrected chi connectivity index (χ3v) is 3.36. The SMILES string of the molecule is CCn1c(=O)n(CC(=O)NCCNC(C)=O)c2ccccc21. The van der Waals surface area contributed by atoms with Crippen LogP contribution < -0.4 is 16.3 Å². The van der Waals surface area contributed by atoms with Crippen LogP contribution in [-0.4, -0.2) is 34.0 Å². The molecule has 0 aliphatic rings. The highest BCUT2D eigenvalue weighted by Crippen LogP contribution is 2.12. The van der Waals surface area contributed by atoms with E-state index in [1.807, 2.05) is 31.2 Å². The second-order valence-corrected chi connectivity index (χ2v) is 4.93. The highest BCUT2D eigenvalue weighted by atomic mass is 16.2. The minimum absolute atomic E-state index is 0.0353. The summed E-state index contributed by atoms with van der Waals surface area (Å²) in [6.07, 6.45) is 0. The van der Waals surface area contributed by atoms with Crippen LogP contribution in [0, 0.1) is 0 Å². The first-order valence-corrected chi connectivity index (χ1v) is 7.23. The Labute approximate surface area is 127 Å². The minimum Gasteiger partial charge on any atom is -0.355 e. The number of benzene rings is 1. The van der Waals surface area contributed by atoms with E-state index in [2.05, 4.69) is 10.6 Å². The average Bonchev–Trinajstić information content (AvgIpc) is 2.76. The quantitative estimate of drug-likeness (QED) is 0.741. The van der Waals surface area contributed by atoms with Crippen molar-refractivity contribution < 1.29 is 9.59 Å². The van der Waals surface area contributed by atoms with Gasteiger partial charge in [-0.05, 0) is 19.1 Å². The number of carbonyl (C=O) groups excluding carboxylic acids is 2. The molecule has 1 aromatic carbocycles. The van der Waals surface area contributed by atoms with E-state index in [-0.39, 0.29) is 24.0 Å². The predicted octanol–water partition coefficient (Wildman–Crippen LogP) is 0.0752. The number of aromatic nitrogens is 2. The number of nitrogens with one attached hydrogen (secondary N) is 2. The standard InChI is InChI=1S/C15H20N4O3/c1-3-18-12-6-4-5-7-13(12)19(15(18)22)10-14(21)17-9-8-16-11(2)20/h4-7H,3,8-10H2,1-2H3,(H,16,20)(H,17,21). The number of fused-ring (bicyclic) bond motifs is 1. The fourth-order valence-electron chi connectivity index (χ4n) is 2.37. The number of hydrogen-bond acceptors (Lipinski definition) is 3. The summed E-state index contributed by atoms with van der Waals surface area (Å²) >= 11 is 0. The van der Waals surface area contributed by atoms with Gasteiger partial charge >= 0.3 is 5.69 Å². The van der Waals surface area contributed by atoms with Crippen molar-refractivity contribution in [2.45, 2.75) is 26.9 Å². The summed E-state index contributed by atoms with van der Waals surface area (Å²) in [5.74, 6) is -0.400. The lowest BCUT2D eigenvalue weighted by molar-refractivity contribution is -0.122. The molecule has 0 bridgehead atoms. The van der Waals surface area contributed by atoms with E-state index >= 15 is 0 Å². The molecule has 0 aliphatic carbocycles. The van der Waals surface area contributed by atoms with E-state index in [0.717, 1.165) is 11.0 Å². The molecule has 1 heterocycles. The van der Waals surface area contributed by atoms with Crippen LogP contribution in [0.3, 0.4) is 0 Å². The van der Waals surface area contributed by atoms with Crippen molar-refractivity contribution in [1.29, 1.82) is 0 Å². The Morgan fingerprint density at radius 1 is 1.05 bits per heavy atom. The summed E-state index contributed by atoms with van der Waals surface area (Å²) in [5.41, 5.74) is 1.37. The molecule has 2 amide bonds. The molecule has 0 spiro atoms. The predicted molar refractivity (Wildman–Crippen MR) is 83.6 cm³/mol. The maximum Gasteiger partial charge on any atom is 0.329 e. The highest BCUT2D eigenvalue weighted by molar-refractivity contribution is 5.81. The van der Waals surface area contributed by atoms with Crippen molar-refractivity contribution in [3.63, 3.8) is 0 Å². The lowest BCUT2D eigenvalue weighted by Gasteiger charge is -2.06. The topological polar surface area (TPSA) is 85.1 Å². The fourth-order valence-corrected chi connectivity index (χ4v) is 2.37. The van der Waals surface area contributed by atoms with Crippen LogP contribution in [0.4, 0.5) is 0 Å². The molecule has 7 heteroatoms. The maximum absolute atomic E-state index is 12.4. The number of nitrogens with zero attached hydrogens (tertiary/aromatic N) is 2. The Kier molecular flexibility index (Phi) is 4.98. The largest absolute Gasteiger partial charge is 0.355 e. The molecule has 0 fully saturated rings. The molecule has 0 unspecified atom stereocenters. The zero-order valence-electron chi connectivity index (χ0n) is 12.8. The van der Waals surface area contributed by atoms with Crippen molar-refractivity contribution in [1.82, 2.24) is 19.8 Å². The molecule has 118 valence electrons. The smallest absolute Gasteiger partial charge is 0.329 e. The van der Waals surface area contributed by atoms with Gasteiger partial charge in [0.25, 0.3) is 0 Å². The van der Waals surface area contributed by atoms with Gasteiger partial charge in [0, 0.05) is 26.6 Å². The monoisotopic (exact) mass is 304 g/mol. The molecule has 0 saturated carbocycles. The molecule has 0 radical (unpaired) electrons. The summed E-state index contributed by atoms with van der Waals surface area (Å²) in [7, 11) is 0. The Balaban J connectivity index is 2.11. The van der Waals surface area contributed by atoms with E-state index in [9.17, 15) is 14.4 Å². The van der Waals surface area contributed by atoms with E-state index < -0.39 is 0 Å². The molecule has 22 heavy (non-hydrogen) atoms. The molecule has 2 N–H and O–H groups in total. The number of aryl methyl sites for hydroxylation is 1. The van der Waals surface area contributed by atoms with Crippen molar-refractivity contribution in [3.05, 3.63) is 34.7 Å². The first-order valence-electron chi connectivity index (χ1n) is 7.23. The third kappa shape index (κ3) is 3.36. The van der Waals surface area contributed by atoms with Crippen LogP contribution in [0.1, 0.15) is 13.8 Å². The third-order valence-electron chi connectivity index (χ3n) is 3.36. The van der Waals surface area contributed by atoms with Crippen LogP contribution in [0.2, 0.25) is 0 Å². The first kappa shape index (κ1) is 15.8. The van der Waals surface area contributed by atoms with Crippen molar-refractivity contribution >= 4 is 22.8 Å². The number of rotatable bonds is 6. The van der Waals surface area contributed by atoms with Gasteiger partial charge in [-0.15, -0.1) is 0 Å². The summed E-state index contributed by atoms with van der Waals surface area (Å²) in [5, 5.41) is 5.28. The number of para-hydroxylation sites is 2. The number of imidazole rings is 1. The van der Waals surface area contributed by atoms with Gasteiger partial charge in [0.05, 0.1) is 11.0 Å². The van der Waals surface area contributed by atoms with Crippen molar-refractivity contribution in [2.24, 2.45) is 0 Å². The van der Waals surface area contributed by atoms with Crippen molar-refractivity contribution in [2.75, 3.05) is 13.1 Å². The molecule has 0 aliphatic heterocycles. The Morgan fingerprint density at radius 3 is 2.23 bits per heavy atom. The normalized spacial score (nSPS) is 10.6. The zero-order valence-corrected chi connectivity index (χ0v) is 12.8. The summed E-state index contributed by atoms with van der Waals surface area (Å²) in [6.45, 7) is 4.53. The van der Waals surface area contributed by atoms with Crippen LogP contribution >= 0.6 is 0 Å². The van der Waals surface area contributed by atoms with Crippen LogP contribution in [0.15, 0.2) is 29.1 Å². The summed E-state index contributed by atoms with van der Waals surface area (Å²) in [6, 6.07) is 7.40. The molecular weight excluding hydrogens is 284 g/mol. The molecular formula is C15H20N4O3. The van der Waals surface area contributed by atoms with Crippen LogP contribution in [0.5, 0.6) is 0 Å². The Hall–Kier alpha value is -2.57. The molecule has 7 nitrogen and oxygen atoms in total. The Bertz CT molecular complexity index is 745. The van der Waals surface area contributed by atoms with E-state index in [1.165, 1.54) is 11.5 Å². The van der Waals surface area contributed by atoms with Gasteiger partial charge in [0.15, 0.2) is 0 Å². The van der Waals surface area contributed by atoms with Crippen molar-refractivity contribution in [3.8, 4) is 0 Å². The number of carbonyl (C=O) groups is 2. The van der Waals surface area contributed by atoms with Gasteiger partial charge in [-0.25, -0.2) is 4.79 Å². The molecule has 0 atom stereocenters. The van der Waals surface area contributed by atoms with E-state index in [0.29, 0.717) is 19.6 Å². The molecule has 2 rings (SSSR count). The lowest BCUT2D eigenvalue weighted by atomic mass is 10.3. The average molecular weight is 304 g/mol. The lowest BCUT2D eigenvalue weighted by Crippen LogP contribution is -2.37. The molecule has 0 saturated heterocycles. The van der Waals surface area contributed by atoms with Crippen LogP contribution in [-0.2, 0) is 22.7 Å². The van der Waals surface area contributed by atoms with E-state index in [1.54, 1.807) is 4.57 Å². The van der Waals surface area contributed by atoms with Gasteiger partial charge in [-0.2, -0.15) is 0 Å². The fraction of sp³-hybridized carbons (Fsp3) is 0.400. The number of amides is 2. The Morgan fingerprint density at radius 2 is 1.64 bits per heavy atom. The first-order chi connectivity index (χ1) is 10.5. The summed E-state index contributed by atoms with van der Waals surface area (Å²) in [4.78, 5) is 35.1. The van der Waals surface area contributed by atoms with Gasteiger partial charge in [-0.3, -0.25) is 18.7 Å². The van der Waals surface area contributed by atoms with Gasteiger partial charge < -0.3 is 10.6 Å². The summed E-state index contributed by atoms with van der Waals surface area (Å²) < 4.78 is 3.10. The second-order valence-electron chi connectivity index (χ2n) is 4.93. The molecule has 1 aromatic heterocycles. The van der Waals surface area contributed by atoms with Crippen LogP contribution in [0.25, 0.3) is 11.0 Å². The highest BCUT2D eigenvalue weighted by Gasteiger charge is 2.13. The zero-order chi connectivity index (χ0) is 16.1. The maximum atomic E-state index is 12.4. The van der Waals surface area contributed by atoms with Gasteiger partial charge in [-0.1, -0.05) is 12.1 Å².